The molecule has 27 heavy (non-hydrogen) atoms. The summed E-state index contributed by atoms with van der Waals surface area (Å²) >= 11 is 5.81. The first-order valence-electron chi connectivity index (χ1n) is 7.49. The highest BCUT2D eigenvalue weighted by molar-refractivity contribution is 6.33. The highest BCUT2D eigenvalue weighted by atomic mass is 35.5. The minimum atomic E-state index is -1.46. The summed E-state index contributed by atoms with van der Waals surface area (Å²) < 4.78 is 58.2. The molecule has 0 amide bonds. The Morgan fingerprint density at radius 1 is 1.15 bits per heavy atom. The fourth-order valence-electron chi connectivity index (χ4n) is 1.99. The van der Waals surface area contributed by atoms with Gasteiger partial charge in [0.05, 0.1) is 22.9 Å². The van der Waals surface area contributed by atoms with Crippen LogP contribution in [0.2, 0.25) is 5.02 Å². The summed E-state index contributed by atoms with van der Waals surface area (Å²) in [7, 11) is 0. The Hall–Kier alpha value is -2.87. The zero-order chi connectivity index (χ0) is 20.1. The molecule has 0 saturated heterocycles. The van der Waals surface area contributed by atoms with Gasteiger partial charge in [0.15, 0.2) is 11.6 Å². The number of rotatable bonds is 5. The first-order valence-corrected chi connectivity index (χ1v) is 7.86. The van der Waals surface area contributed by atoms with E-state index in [0.717, 1.165) is 18.3 Å². The lowest BCUT2D eigenvalue weighted by atomic mass is 10.1. The molecule has 0 aliphatic carbocycles. The molecule has 0 aromatic heterocycles. The summed E-state index contributed by atoms with van der Waals surface area (Å²) in [5.74, 6) is -6.94. The molecule has 2 rings (SSSR count). The number of halogens is 5. The lowest BCUT2D eigenvalue weighted by Crippen LogP contribution is -2.12. The van der Waals surface area contributed by atoms with Crippen molar-refractivity contribution in [3.05, 3.63) is 69.8 Å². The maximum atomic E-state index is 13.9. The van der Waals surface area contributed by atoms with Crippen molar-refractivity contribution in [3.63, 3.8) is 0 Å². The minimum Gasteiger partial charge on any atom is -0.506 e. The molecule has 0 bridgehead atoms. The van der Waals surface area contributed by atoms with Crippen molar-refractivity contribution in [1.29, 1.82) is 0 Å². The van der Waals surface area contributed by atoms with Crippen LogP contribution in [0.5, 0.6) is 0 Å². The molecule has 0 unspecified atom stereocenters. The Kier molecular flexibility index (Phi) is 6.57. The second-order valence-electron chi connectivity index (χ2n) is 5.08. The number of carbonyl (C=O) groups is 1. The predicted molar refractivity (Wildman–Crippen MR) is 92.1 cm³/mol. The molecule has 0 atom stereocenters. The Bertz CT molecular complexity index is 944. The van der Waals surface area contributed by atoms with Crippen LogP contribution >= 0.6 is 11.6 Å². The quantitative estimate of drug-likeness (QED) is 0.189. The van der Waals surface area contributed by atoms with Gasteiger partial charge in [-0.2, -0.15) is 0 Å². The molecule has 0 radical (unpaired) electrons. The molecule has 0 heterocycles. The number of aliphatic imine (C=N–C) groups is 1. The maximum Gasteiger partial charge on any atom is 0.343 e. The van der Waals surface area contributed by atoms with Gasteiger partial charge in [0, 0.05) is 12.3 Å². The van der Waals surface area contributed by atoms with Crippen LogP contribution in [0.25, 0.3) is 5.76 Å². The first kappa shape index (κ1) is 20.4. The lowest BCUT2D eigenvalue weighted by molar-refractivity contribution is -0.137. The molecular formula is C18H12ClF4NO3. The van der Waals surface area contributed by atoms with Gasteiger partial charge >= 0.3 is 5.97 Å². The SMILES string of the molecule is CCOC(=O)C(C=Nc1ccc(F)cc1Cl)=C(O)c1cc(F)c(F)cc1F. The van der Waals surface area contributed by atoms with E-state index in [2.05, 4.69) is 4.99 Å². The molecule has 9 heteroatoms. The molecular weight excluding hydrogens is 390 g/mol. The van der Waals surface area contributed by atoms with Crippen LogP contribution in [0, 0.1) is 23.3 Å². The van der Waals surface area contributed by atoms with Crippen LogP contribution in [-0.4, -0.2) is 23.9 Å². The zero-order valence-corrected chi connectivity index (χ0v) is 14.5. The molecule has 0 aliphatic rings. The van der Waals surface area contributed by atoms with Crippen molar-refractivity contribution in [2.45, 2.75) is 6.92 Å². The van der Waals surface area contributed by atoms with Gasteiger partial charge in [0.1, 0.15) is 23.0 Å². The number of aliphatic hydroxyl groups excluding tert-OH is 1. The summed E-state index contributed by atoms with van der Waals surface area (Å²) in [6.45, 7) is 1.40. The largest absolute Gasteiger partial charge is 0.506 e. The first-order chi connectivity index (χ1) is 12.7. The third kappa shape index (κ3) is 4.85. The van der Waals surface area contributed by atoms with E-state index in [1.165, 1.54) is 13.0 Å². The van der Waals surface area contributed by atoms with Crippen molar-refractivity contribution < 1.29 is 32.2 Å². The van der Waals surface area contributed by atoms with E-state index in [0.29, 0.717) is 6.07 Å². The van der Waals surface area contributed by atoms with E-state index in [4.69, 9.17) is 16.3 Å². The summed E-state index contributed by atoms with van der Waals surface area (Å²) in [5, 5.41) is 10.1. The number of hydrogen-bond acceptors (Lipinski definition) is 4. The van der Waals surface area contributed by atoms with Crippen molar-refractivity contribution in [3.8, 4) is 0 Å². The Morgan fingerprint density at radius 3 is 2.44 bits per heavy atom. The Morgan fingerprint density at radius 2 is 1.81 bits per heavy atom. The molecule has 142 valence electrons. The smallest absolute Gasteiger partial charge is 0.343 e. The van der Waals surface area contributed by atoms with Gasteiger partial charge in [-0.1, -0.05) is 11.6 Å². The van der Waals surface area contributed by atoms with E-state index in [1.807, 2.05) is 0 Å². The third-order valence-electron chi connectivity index (χ3n) is 3.26. The normalized spacial score (nSPS) is 12.2. The van der Waals surface area contributed by atoms with Crippen molar-refractivity contribution in [2.75, 3.05) is 6.61 Å². The predicted octanol–water partition coefficient (Wildman–Crippen LogP) is 5.13. The molecule has 4 nitrogen and oxygen atoms in total. The molecule has 0 fully saturated rings. The number of benzene rings is 2. The number of aliphatic hydroxyl groups is 1. The van der Waals surface area contributed by atoms with Gasteiger partial charge in [-0.05, 0) is 31.2 Å². The number of nitrogens with zero attached hydrogens (tertiary/aromatic N) is 1. The number of ether oxygens (including phenoxy) is 1. The van der Waals surface area contributed by atoms with Crippen molar-refractivity contribution in [2.24, 2.45) is 4.99 Å². The maximum absolute atomic E-state index is 13.9. The molecule has 2 aromatic rings. The standard InChI is InChI=1S/C18H12ClF4NO3/c1-2-27-18(26)11(8-24-16-4-3-9(20)5-12(16)19)17(25)10-6-14(22)15(23)7-13(10)21/h3-8,25H,2H2,1H3. The van der Waals surface area contributed by atoms with Gasteiger partial charge in [-0.15, -0.1) is 0 Å². The molecule has 0 aliphatic heterocycles. The summed E-state index contributed by atoms with van der Waals surface area (Å²) in [4.78, 5) is 15.9. The van der Waals surface area contributed by atoms with Crippen LogP contribution in [0.1, 0.15) is 12.5 Å². The van der Waals surface area contributed by atoms with Crippen LogP contribution < -0.4 is 0 Å². The van der Waals surface area contributed by atoms with Crippen molar-refractivity contribution in [1.82, 2.24) is 0 Å². The number of hydrogen-bond donors (Lipinski definition) is 1. The van der Waals surface area contributed by atoms with Gasteiger partial charge < -0.3 is 9.84 Å². The fraction of sp³-hybridized carbons (Fsp3) is 0.111. The molecule has 0 saturated carbocycles. The van der Waals surface area contributed by atoms with E-state index < -0.39 is 46.1 Å². The average molecular weight is 402 g/mol. The summed E-state index contributed by atoms with van der Waals surface area (Å²) in [5.41, 5.74) is -1.37. The second-order valence-corrected chi connectivity index (χ2v) is 5.49. The van der Waals surface area contributed by atoms with Gasteiger partial charge in [-0.25, -0.2) is 22.4 Å². The highest BCUT2D eigenvalue weighted by Crippen LogP contribution is 2.27. The average Bonchev–Trinajstić information content (AvgIpc) is 2.60. The third-order valence-corrected chi connectivity index (χ3v) is 3.56. The fourth-order valence-corrected chi connectivity index (χ4v) is 2.20. The Balaban J connectivity index is 2.57. The molecule has 2 aromatic carbocycles. The van der Waals surface area contributed by atoms with Crippen molar-refractivity contribution >= 4 is 35.2 Å². The van der Waals surface area contributed by atoms with Gasteiger partial charge in [0.2, 0.25) is 0 Å². The van der Waals surface area contributed by atoms with Crippen LogP contribution in [0.4, 0.5) is 23.2 Å². The Labute approximate surface area is 156 Å². The summed E-state index contributed by atoms with van der Waals surface area (Å²) in [6, 6.07) is 3.83. The van der Waals surface area contributed by atoms with Gasteiger partial charge in [0.25, 0.3) is 0 Å². The summed E-state index contributed by atoms with van der Waals surface area (Å²) in [6.07, 6.45) is 0.799. The molecule has 0 spiro atoms. The van der Waals surface area contributed by atoms with Crippen LogP contribution in [-0.2, 0) is 9.53 Å². The van der Waals surface area contributed by atoms with Gasteiger partial charge in [-0.3, -0.25) is 4.99 Å². The van der Waals surface area contributed by atoms with Crippen LogP contribution in [0.15, 0.2) is 40.9 Å². The lowest BCUT2D eigenvalue weighted by Gasteiger charge is -2.08. The molecule has 1 N–H and O–H groups in total. The second kappa shape index (κ2) is 8.68. The van der Waals surface area contributed by atoms with E-state index in [9.17, 15) is 27.5 Å². The van der Waals surface area contributed by atoms with Crippen LogP contribution in [0.3, 0.4) is 0 Å². The number of carbonyl (C=O) groups excluding carboxylic acids is 1. The van der Waals surface area contributed by atoms with E-state index >= 15 is 0 Å². The monoisotopic (exact) mass is 401 g/mol. The highest BCUT2D eigenvalue weighted by Gasteiger charge is 2.21. The number of esters is 1. The van der Waals surface area contributed by atoms with E-state index in [-0.39, 0.29) is 23.4 Å². The zero-order valence-electron chi connectivity index (χ0n) is 13.8. The topological polar surface area (TPSA) is 58.9 Å². The van der Waals surface area contributed by atoms with E-state index in [1.54, 1.807) is 0 Å². The minimum absolute atomic E-state index is 0.0402.